The van der Waals surface area contributed by atoms with Crippen molar-refractivity contribution in [3.05, 3.63) is 64.3 Å². The van der Waals surface area contributed by atoms with Gasteiger partial charge in [-0.15, -0.1) is 0 Å². The molecule has 5 rings (SSSR count). The Kier molecular flexibility index (Phi) is 4.88. The Hall–Kier alpha value is -3.08. The first kappa shape index (κ1) is 20.8. The van der Waals surface area contributed by atoms with Gasteiger partial charge in [0.25, 0.3) is 10.0 Å². The summed E-state index contributed by atoms with van der Waals surface area (Å²) in [4.78, 5) is 8.29. The van der Waals surface area contributed by atoms with Crippen LogP contribution >= 0.6 is 23.2 Å². The van der Waals surface area contributed by atoms with E-state index in [0.29, 0.717) is 23.1 Å². The fourth-order valence-electron chi connectivity index (χ4n) is 3.92. The van der Waals surface area contributed by atoms with E-state index in [2.05, 4.69) is 15.1 Å². The molecule has 0 fully saturated rings. The molecule has 2 aromatic carbocycles. The zero-order valence-electron chi connectivity index (χ0n) is 16.5. The lowest BCUT2D eigenvalue weighted by molar-refractivity contribution is 0.456. The highest BCUT2D eigenvalue weighted by Gasteiger charge is 2.35. The standard InChI is InChI=1S/C20H17Cl2N7O2S/c21-15-6-5-13(8-16(15)22)32(30,31)28-10-12(7-11-3-1-2-4-17(11)28)29-19-14(9-25-29)18(23)26-20(24)27-19/h1-6,8-9,12H,7,10H2,(H4,23,24,26,27). The maximum absolute atomic E-state index is 13.6. The number of halogens is 2. The molecule has 0 bridgehead atoms. The molecule has 1 aliphatic heterocycles. The normalized spacial score (nSPS) is 16.3. The molecule has 0 saturated heterocycles. The second-order valence-electron chi connectivity index (χ2n) is 7.39. The Labute approximate surface area is 193 Å². The van der Waals surface area contributed by atoms with Gasteiger partial charge in [0.15, 0.2) is 5.65 Å². The number of benzene rings is 2. The molecule has 12 heteroatoms. The van der Waals surface area contributed by atoms with Crippen molar-refractivity contribution in [2.24, 2.45) is 0 Å². The first-order valence-corrected chi connectivity index (χ1v) is 11.8. The van der Waals surface area contributed by atoms with E-state index in [1.165, 1.54) is 22.5 Å². The molecule has 3 heterocycles. The first-order valence-electron chi connectivity index (χ1n) is 9.57. The summed E-state index contributed by atoms with van der Waals surface area (Å²) < 4.78 is 30.3. The summed E-state index contributed by atoms with van der Waals surface area (Å²) >= 11 is 12.1. The zero-order valence-corrected chi connectivity index (χ0v) is 18.8. The molecule has 4 N–H and O–H groups in total. The van der Waals surface area contributed by atoms with Crippen molar-refractivity contribution in [3.8, 4) is 0 Å². The molecule has 9 nitrogen and oxygen atoms in total. The summed E-state index contributed by atoms with van der Waals surface area (Å²) in [5.41, 5.74) is 13.6. The minimum atomic E-state index is -3.94. The van der Waals surface area contributed by atoms with Gasteiger partial charge in [-0.25, -0.2) is 13.1 Å². The predicted octanol–water partition coefficient (Wildman–Crippen LogP) is 3.29. The quantitative estimate of drug-likeness (QED) is 0.450. The smallest absolute Gasteiger partial charge is 0.264 e. The predicted molar refractivity (Wildman–Crippen MR) is 124 cm³/mol. The van der Waals surface area contributed by atoms with Gasteiger partial charge in [-0.2, -0.15) is 15.1 Å². The molecule has 1 unspecified atom stereocenters. The maximum atomic E-state index is 13.6. The third kappa shape index (κ3) is 3.31. The molecular formula is C20H17Cl2N7O2S. The van der Waals surface area contributed by atoms with E-state index in [0.717, 1.165) is 5.56 Å². The van der Waals surface area contributed by atoms with Gasteiger partial charge in [0.05, 0.1) is 44.8 Å². The minimum Gasteiger partial charge on any atom is -0.383 e. The third-order valence-electron chi connectivity index (χ3n) is 5.42. The van der Waals surface area contributed by atoms with Crippen molar-refractivity contribution >= 4 is 61.7 Å². The van der Waals surface area contributed by atoms with Gasteiger partial charge in [-0.1, -0.05) is 41.4 Å². The summed E-state index contributed by atoms with van der Waals surface area (Å²) in [6, 6.07) is 11.2. The average Bonchev–Trinajstić information content (AvgIpc) is 3.19. The van der Waals surface area contributed by atoms with Crippen LogP contribution in [-0.2, 0) is 16.4 Å². The molecule has 0 radical (unpaired) electrons. The Morgan fingerprint density at radius 2 is 1.81 bits per heavy atom. The number of nitrogen functional groups attached to an aromatic ring is 2. The van der Waals surface area contributed by atoms with Gasteiger partial charge < -0.3 is 11.5 Å². The Morgan fingerprint density at radius 3 is 2.59 bits per heavy atom. The number of aromatic nitrogens is 4. The summed E-state index contributed by atoms with van der Waals surface area (Å²) in [5.74, 6) is 0.239. The van der Waals surface area contributed by atoms with Crippen LogP contribution in [0.3, 0.4) is 0 Å². The zero-order chi connectivity index (χ0) is 22.6. The van der Waals surface area contributed by atoms with Gasteiger partial charge >= 0.3 is 0 Å². The second kappa shape index (κ2) is 7.51. The maximum Gasteiger partial charge on any atom is 0.264 e. The van der Waals surface area contributed by atoms with Crippen molar-refractivity contribution in [1.82, 2.24) is 19.7 Å². The number of nitrogens with two attached hydrogens (primary N) is 2. The van der Waals surface area contributed by atoms with E-state index < -0.39 is 10.0 Å². The molecule has 0 aliphatic carbocycles. The highest BCUT2D eigenvalue weighted by Crippen LogP contribution is 2.37. The van der Waals surface area contributed by atoms with Crippen LogP contribution in [0.1, 0.15) is 11.6 Å². The number of hydrogen-bond donors (Lipinski definition) is 2. The molecular weight excluding hydrogens is 473 g/mol. The highest BCUT2D eigenvalue weighted by atomic mass is 35.5. The topological polar surface area (TPSA) is 133 Å². The lowest BCUT2D eigenvalue weighted by atomic mass is 10.00. The highest BCUT2D eigenvalue weighted by molar-refractivity contribution is 7.92. The summed E-state index contributed by atoms with van der Waals surface area (Å²) in [5, 5.41) is 5.42. The van der Waals surface area contributed by atoms with E-state index >= 15 is 0 Å². The van der Waals surface area contributed by atoms with Gasteiger partial charge in [-0.3, -0.25) is 4.31 Å². The van der Waals surface area contributed by atoms with Gasteiger partial charge in [0.2, 0.25) is 5.95 Å². The third-order valence-corrected chi connectivity index (χ3v) is 7.93. The molecule has 32 heavy (non-hydrogen) atoms. The minimum absolute atomic E-state index is 0.0215. The molecule has 164 valence electrons. The first-order chi connectivity index (χ1) is 15.3. The largest absolute Gasteiger partial charge is 0.383 e. The van der Waals surface area contributed by atoms with Crippen molar-refractivity contribution in [1.29, 1.82) is 0 Å². The van der Waals surface area contributed by atoms with Crippen LogP contribution in [0.25, 0.3) is 11.0 Å². The monoisotopic (exact) mass is 489 g/mol. The Bertz CT molecular complexity index is 1470. The summed E-state index contributed by atoms with van der Waals surface area (Å²) in [6.07, 6.45) is 2.10. The Balaban J connectivity index is 1.64. The van der Waals surface area contributed by atoms with Crippen LogP contribution in [0.2, 0.25) is 10.0 Å². The van der Waals surface area contributed by atoms with Crippen LogP contribution in [0.15, 0.2) is 53.6 Å². The van der Waals surface area contributed by atoms with Crippen molar-refractivity contribution in [3.63, 3.8) is 0 Å². The van der Waals surface area contributed by atoms with E-state index in [1.54, 1.807) is 23.0 Å². The fourth-order valence-corrected chi connectivity index (χ4v) is 5.85. The number of rotatable bonds is 3. The van der Waals surface area contributed by atoms with Crippen LogP contribution in [0.5, 0.6) is 0 Å². The van der Waals surface area contributed by atoms with E-state index in [-0.39, 0.29) is 39.3 Å². The molecule has 2 aromatic heterocycles. The molecule has 4 aromatic rings. The number of para-hydroxylation sites is 1. The molecule has 1 atom stereocenters. The van der Waals surface area contributed by atoms with E-state index in [9.17, 15) is 8.42 Å². The van der Waals surface area contributed by atoms with Gasteiger partial charge in [0, 0.05) is 0 Å². The number of sulfonamides is 1. The number of hydrogen-bond acceptors (Lipinski definition) is 7. The average molecular weight is 490 g/mol. The lowest BCUT2D eigenvalue weighted by Gasteiger charge is -2.35. The molecule has 0 saturated carbocycles. The SMILES string of the molecule is Nc1nc(N)c2cnn(C3Cc4ccccc4N(S(=O)(=O)c4ccc(Cl)c(Cl)c4)C3)c2n1. The van der Waals surface area contributed by atoms with Crippen molar-refractivity contribution in [2.75, 3.05) is 22.3 Å². The molecule has 0 spiro atoms. The van der Waals surface area contributed by atoms with E-state index in [1.807, 2.05) is 12.1 Å². The molecule has 0 amide bonds. The van der Waals surface area contributed by atoms with Crippen LogP contribution < -0.4 is 15.8 Å². The van der Waals surface area contributed by atoms with Gasteiger partial charge in [0.1, 0.15) is 5.82 Å². The van der Waals surface area contributed by atoms with Crippen LogP contribution in [-0.4, -0.2) is 34.7 Å². The number of nitrogens with zero attached hydrogens (tertiary/aromatic N) is 5. The van der Waals surface area contributed by atoms with Crippen molar-refractivity contribution < 1.29 is 8.42 Å². The van der Waals surface area contributed by atoms with Crippen molar-refractivity contribution in [2.45, 2.75) is 17.4 Å². The van der Waals surface area contributed by atoms with E-state index in [4.69, 9.17) is 34.7 Å². The second-order valence-corrected chi connectivity index (χ2v) is 10.1. The fraction of sp³-hybridized carbons (Fsp3) is 0.150. The summed E-state index contributed by atoms with van der Waals surface area (Å²) in [6.45, 7) is 0.125. The number of anilines is 3. The van der Waals surface area contributed by atoms with Crippen LogP contribution in [0, 0.1) is 0 Å². The van der Waals surface area contributed by atoms with Gasteiger partial charge in [-0.05, 0) is 36.2 Å². The lowest BCUT2D eigenvalue weighted by Crippen LogP contribution is -2.41. The summed E-state index contributed by atoms with van der Waals surface area (Å²) in [7, 11) is -3.94. The number of fused-ring (bicyclic) bond motifs is 2. The Morgan fingerprint density at radius 1 is 1.03 bits per heavy atom. The van der Waals surface area contributed by atoms with Crippen LogP contribution in [0.4, 0.5) is 17.5 Å². The molecule has 1 aliphatic rings.